The molecule has 182 valence electrons. The minimum Gasteiger partial charge on any atom is -0.256 e. The number of hydrogen-bond donors (Lipinski definition) is 0. The summed E-state index contributed by atoms with van der Waals surface area (Å²) in [4.78, 5) is 4.95. The van der Waals surface area contributed by atoms with Gasteiger partial charge in [0.1, 0.15) is 0 Å². The van der Waals surface area contributed by atoms with Crippen molar-refractivity contribution in [3.63, 3.8) is 0 Å². The first-order chi connectivity index (χ1) is 17.0. The first kappa shape index (κ1) is 23.2. The maximum Gasteiger partial charge on any atom is 0.0780 e. The second-order valence-electron chi connectivity index (χ2n) is 13.2. The van der Waals surface area contributed by atoms with Crippen LogP contribution in [0.5, 0.6) is 0 Å². The zero-order valence-corrected chi connectivity index (χ0v) is 22.8. The van der Waals surface area contributed by atoms with Crippen molar-refractivity contribution in [1.29, 1.82) is 0 Å². The van der Waals surface area contributed by atoms with Crippen molar-refractivity contribution in [2.75, 3.05) is 0 Å². The number of hydrogen-bond acceptors (Lipinski definition) is 1. The predicted octanol–water partition coefficient (Wildman–Crippen LogP) is 9.85. The van der Waals surface area contributed by atoms with Gasteiger partial charge in [-0.2, -0.15) is 0 Å². The monoisotopic (exact) mass is 471 g/mol. The van der Waals surface area contributed by atoms with Gasteiger partial charge in [0.15, 0.2) is 0 Å². The Bertz CT molecular complexity index is 1660. The standard InChI is InChI=1S/C35H37N/c1-33(2,3)29-20-24(18-22-10-8-9-11-25(22)29)32-27-13-12-23-19-30-31(21-28(23)26(27)14-17-36-32)35(6,7)16-15-34(30,4)5/h8-14,17-21H,15-16H2,1-7H3. The van der Waals surface area contributed by atoms with E-state index in [9.17, 15) is 0 Å². The van der Waals surface area contributed by atoms with Gasteiger partial charge in [-0.1, -0.05) is 90.9 Å². The summed E-state index contributed by atoms with van der Waals surface area (Å²) in [5.74, 6) is 0. The third-order valence-electron chi connectivity index (χ3n) is 8.68. The highest BCUT2D eigenvalue weighted by Crippen LogP contribution is 2.48. The fourth-order valence-electron chi connectivity index (χ4n) is 6.35. The second-order valence-corrected chi connectivity index (χ2v) is 13.2. The number of fused-ring (bicyclic) bond motifs is 5. The molecule has 0 radical (unpaired) electrons. The van der Waals surface area contributed by atoms with Crippen LogP contribution < -0.4 is 0 Å². The molecule has 0 atom stereocenters. The average molecular weight is 472 g/mol. The van der Waals surface area contributed by atoms with Gasteiger partial charge in [-0.05, 0) is 97.0 Å². The lowest BCUT2D eigenvalue weighted by Crippen LogP contribution is -2.33. The summed E-state index contributed by atoms with van der Waals surface area (Å²) in [6.07, 6.45) is 4.46. The predicted molar refractivity (Wildman–Crippen MR) is 156 cm³/mol. The molecule has 0 unspecified atom stereocenters. The van der Waals surface area contributed by atoms with Crippen molar-refractivity contribution in [1.82, 2.24) is 4.98 Å². The summed E-state index contributed by atoms with van der Waals surface area (Å²) < 4.78 is 0. The van der Waals surface area contributed by atoms with Crippen molar-refractivity contribution in [2.45, 2.75) is 77.6 Å². The van der Waals surface area contributed by atoms with Gasteiger partial charge in [0, 0.05) is 17.1 Å². The zero-order valence-electron chi connectivity index (χ0n) is 22.8. The highest BCUT2D eigenvalue weighted by atomic mass is 14.7. The SMILES string of the molecule is CC(C)(C)c1cc(-c2nccc3c2ccc2cc4c(cc23)C(C)(C)CCC4(C)C)cc2ccccc12. The molecule has 1 aliphatic rings. The molecule has 5 aromatic rings. The van der Waals surface area contributed by atoms with E-state index in [1.807, 2.05) is 6.20 Å². The van der Waals surface area contributed by atoms with Crippen LogP contribution in [0.15, 0.2) is 72.9 Å². The van der Waals surface area contributed by atoms with Crippen molar-refractivity contribution in [3.8, 4) is 11.3 Å². The summed E-state index contributed by atoms with van der Waals surface area (Å²) in [5, 5.41) is 7.81. The molecule has 0 N–H and O–H groups in total. The molecule has 0 amide bonds. The van der Waals surface area contributed by atoms with Crippen LogP contribution in [-0.2, 0) is 16.2 Å². The highest BCUT2D eigenvalue weighted by molar-refractivity contribution is 6.12. The largest absolute Gasteiger partial charge is 0.256 e. The van der Waals surface area contributed by atoms with E-state index in [1.165, 1.54) is 67.4 Å². The lowest BCUT2D eigenvalue weighted by Gasteiger charge is -2.42. The van der Waals surface area contributed by atoms with Crippen LogP contribution in [0.2, 0.25) is 0 Å². The van der Waals surface area contributed by atoms with Crippen LogP contribution in [-0.4, -0.2) is 4.98 Å². The number of rotatable bonds is 1. The summed E-state index contributed by atoms with van der Waals surface area (Å²) in [6.45, 7) is 16.5. The first-order valence-corrected chi connectivity index (χ1v) is 13.4. The smallest absolute Gasteiger partial charge is 0.0780 e. The van der Waals surface area contributed by atoms with E-state index in [0.717, 1.165) is 5.69 Å². The molecule has 36 heavy (non-hydrogen) atoms. The summed E-state index contributed by atoms with van der Waals surface area (Å²) >= 11 is 0. The second kappa shape index (κ2) is 7.65. The molecule has 1 heteroatoms. The van der Waals surface area contributed by atoms with Gasteiger partial charge >= 0.3 is 0 Å². The van der Waals surface area contributed by atoms with Crippen molar-refractivity contribution >= 4 is 32.3 Å². The van der Waals surface area contributed by atoms with Gasteiger partial charge in [-0.15, -0.1) is 0 Å². The van der Waals surface area contributed by atoms with Crippen LogP contribution >= 0.6 is 0 Å². The van der Waals surface area contributed by atoms with Gasteiger partial charge in [0.05, 0.1) is 5.69 Å². The lowest BCUT2D eigenvalue weighted by atomic mass is 9.62. The minimum absolute atomic E-state index is 0.0460. The molecule has 0 saturated carbocycles. The van der Waals surface area contributed by atoms with E-state index in [1.54, 1.807) is 0 Å². The van der Waals surface area contributed by atoms with Crippen LogP contribution in [0.3, 0.4) is 0 Å². The molecule has 4 aromatic carbocycles. The molecule has 0 aliphatic heterocycles. The molecule has 0 bridgehead atoms. The third-order valence-corrected chi connectivity index (χ3v) is 8.68. The third kappa shape index (κ3) is 3.55. The zero-order chi connectivity index (χ0) is 25.5. The fraction of sp³-hybridized carbons (Fsp3) is 0.343. The topological polar surface area (TPSA) is 12.9 Å². The summed E-state index contributed by atoms with van der Waals surface area (Å²) in [7, 11) is 0. The molecule has 1 aromatic heterocycles. The molecule has 0 saturated heterocycles. The molecular formula is C35H37N. The quantitative estimate of drug-likeness (QED) is 0.222. The van der Waals surface area contributed by atoms with Gasteiger partial charge in [0.25, 0.3) is 0 Å². The molecule has 0 fully saturated rings. The summed E-state index contributed by atoms with van der Waals surface area (Å²) in [6, 6.07) is 25.2. The Hall–Kier alpha value is -3.19. The Balaban J connectivity index is 1.64. The van der Waals surface area contributed by atoms with E-state index in [4.69, 9.17) is 4.98 Å². The Labute approximate surface area is 215 Å². The van der Waals surface area contributed by atoms with E-state index in [2.05, 4.69) is 115 Å². The number of pyridine rings is 1. The lowest BCUT2D eigenvalue weighted by molar-refractivity contribution is 0.332. The van der Waals surface area contributed by atoms with Crippen molar-refractivity contribution in [3.05, 3.63) is 89.6 Å². The Morgan fingerprint density at radius 3 is 2.03 bits per heavy atom. The van der Waals surface area contributed by atoms with Crippen LogP contribution in [0.25, 0.3) is 43.6 Å². The van der Waals surface area contributed by atoms with Gasteiger partial charge in [-0.3, -0.25) is 4.98 Å². The minimum atomic E-state index is 0.0460. The van der Waals surface area contributed by atoms with Crippen molar-refractivity contribution < 1.29 is 0 Å². The number of benzene rings is 4. The Kier molecular flexibility index (Phi) is 4.94. The molecule has 1 nitrogen and oxygen atoms in total. The maximum atomic E-state index is 4.95. The fourth-order valence-corrected chi connectivity index (χ4v) is 6.35. The van der Waals surface area contributed by atoms with E-state index in [-0.39, 0.29) is 16.2 Å². The van der Waals surface area contributed by atoms with E-state index < -0.39 is 0 Å². The Morgan fingerprint density at radius 1 is 0.639 bits per heavy atom. The molecule has 0 spiro atoms. The normalized spacial score (nSPS) is 17.0. The van der Waals surface area contributed by atoms with Gasteiger partial charge < -0.3 is 0 Å². The van der Waals surface area contributed by atoms with E-state index in [0.29, 0.717) is 0 Å². The molecule has 1 heterocycles. The molecule has 1 aliphatic carbocycles. The highest BCUT2D eigenvalue weighted by Gasteiger charge is 2.37. The summed E-state index contributed by atoms with van der Waals surface area (Å²) in [5.41, 5.74) is 7.12. The maximum absolute atomic E-state index is 4.95. The number of aromatic nitrogens is 1. The molecular weight excluding hydrogens is 434 g/mol. The van der Waals surface area contributed by atoms with Gasteiger partial charge in [0.2, 0.25) is 0 Å². The molecule has 6 rings (SSSR count). The van der Waals surface area contributed by atoms with Crippen molar-refractivity contribution in [2.24, 2.45) is 0 Å². The first-order valence-electron chi connectivity index (χ1n) is 13.4. The number of nitrogens with zero attached hydrogens (tertiary/aromatic N) is 1. The van der Waals surface area contributed by atoms with Gasteiger partial charge in [-0.25, -0.2) is 0 Å². The van der Waals surface area contributed by atoms with Crippen LogP contribution in [0.1, 0.15) is 78.0 Å². The van der Waals surface area contributed by atoms with Crippen LogP contribution in [0.4, 0.5) is 0 Å². The average Bonchev–Trinajstić information content (AvgIpc) is 2.84. The van der Waals surface area contributed by atoms with E-state index >= 15 is 0 Å². The Morgan fingerprint density at radius 2 is 1.31 bits per heavy atom. The van der Waals surface area contributed by atoms with Crippen LogP contribution in [0, 0.1) is 0 Å².